The molecule has 32 heavy (non-hydrogen) atoms. The van der Waals surface area contributed by atoms with Crippen LogP contribution in [0.1, 0.15) is 29.3 Å². The van der Waals surface area contributed by atoms with E-state index >= 15 is 0 Å². The molecule has 0 unspecified atom stereocenters. The number of hydrogen-bond acceptors (Lipinski definition) is 3. The molecule has 11 heteroatoms. The van der Waals surface area contributed by atoms with Gasteiger partial charge in [0.1, 0.15) is 0 Å². The maximum Gasteiger partial charge on any atom is 0.418 e. The van der Waals surface area contributed by atoms with Crippen LogP contribution in [0.3, 0.4) is 0 Å². The van der Waals surface area contributed by atoms with Gasteiger partial charge in [-0.25, -0.2) is 4.98 Å². The first-order chi connectivity index (χ1) is 14.8. The molecule has 0 amide bonds. The lowest BCUT2D eigenvalue weighted by Gasteiger charge is -2.26. The summed E-state index contributed by atoms with van der Waals surface area (Å²) in [6.45, 7) is 3.46. The van der Waals surface area contributed by atoms with Gasteiger partial charge in [0.05, 0.1) is 27.5 Å². The van der Waals surface area contributed by atoms with Crippen LogP contribution in [0, 0.1) is 6.92 Å². The molecule has 2 nitrogen and oxygen atoms in total. The Bertz CT molecular complexity index is 1120. The third-order valence-corrected chi connectivity index (χ3v) is 6.11. The summed E-state index contributed by atoms with van der Waals surface area (Å²) in [5.74, 6) is 0. The molecule has 0 aliphatic rings. The molecule has 0 saturated carbocycles. The third kappa shape index (κ3) is 5.15. The second-order valence-corrected chi connectivity index (χ2v) is 8.93. The third-order valence-electron chi connectivity index (χ3n) is 4.57. The van der Waals surface area contributed by atoms with Gasteiger partial charge in [-0.05, 0) is 49.7 Å². The maximum atomic E-state index is 13.7. The SMILES string of the molecule is CCCN(c1nc(-c2ccc(Cl)cc2Cl)c(C)s1)c1cc(C(F)(F)F)ccc1C(F)(F)F. The van der Waals surface area contributed by atoms with E-state index in [4.69, 9.17) is 23.2 Å². The van der Waals surface area contributed by atoms with Gasteiger partial charge >= 0.3 is 12.4 Å². The highest BCUT2D eigenvalue weighted by Gasteiger charge is 2.39. The van der Waals surface area contributed by atoms with E-state index in [-0.39, 0.29) is 11.7 Å². The second kappa shape index (κ2) is 9.11. The molecule has 1 aromatic heterocycles. The Morgan fingerprint density at radius 3 is 2.22 bits per heavy atom. The van der Waals surface area contributed by atoms with E-state index in [1.165, 1.54) is 11.0 Å². The summed E-state index contributed by atoms with van der Waals surface area (Å²) >= 11 is 13.2. The number of nitrogens with zero attached hydrogens (tertiary/aromatic N) is 2. The summed E-state index contributed by atoms with van der Waals surface area (Å²) in [6, 6.07) is 6.14. The summed E-state index contributed by atoms with van der Waals surface area (Å²) < 4.78 is 80.9. The highest BCUT2D eigenvalue weighted by Crippen LogP contribution is 2.45. The summed E-state index contributed by atoms with van der Waals surface area (Å²) in [7, 11) is 0. The maximum absolute atomic E-state index is 13.7. The van der Waals surface area contributed by atoms with Crippen LogP contribution in [-0.2, 0) is 12.4 Å². The van der Waals surface area contributed by atoms with Gasteiger partial charge in [-0.3, -0.25) is 0 Å². The van der Waals surface area contributed by atoms with Crippen molar-refractivity contribution in [2.45, 2.75) is 32.6 Å². The fourth-order valence-corrected chi connectivity index (χ4v) is 4.60. The molecule has 3 aromatic rings. The average Bonchev–Trinajstić information content (AvgIpc) is 3.05. The van der Waals surface area contributed by atoms with Gasteiger partial charge in [0.15, 0.2) is 5.13 Å². The molecule has 0 radical (unpaired) electrons. The average molecular weight is 513 g/mol. The number of thiazole rings is 1. The minimum atomic E-state index is -4.85. The Kier molecular flexibility index (Phi) is 7.02. The van der Waals surface area contributed by atoms with Gasteiger partial charge in [-0.15, -0.1) is 11.3 Å². The minimum absolute atomic E-state index is 0.0329. The first kappa shape index (κ1) is 24.7. The van der Waals surface area contributed by atoms with Crippen molar-refractivity contribution in [2.75, 3.05) is 11.4 Å². The molecule has 0 saturated heterocycles. The van der Waals surface area contributed by atoms with Crippen molar-refractivity contribution in [2.24, 2.45) is 0 Å². The van der Waals surface area contributed by atoms with Gasteiger partial charge in [0, 0.05) is 22.0 Å². The Hall–Kier alpha value is -1.97. The molecule has 2 aromatic carbocycles. The number of halogens is 8. The minimum Gasteiger partial charge on any atom is -0.317 e. The lowest BCUT2D eigenvalue weighted by molar-refractivity contribution is -0.141. The highest BCUT2D eigenvalue weighted by molar-refractivity contribution is 7.16. The molecule has 0 spiro atoms. The van der Waals surface area contributed by atoms with Crippen molar-refractivity contribution >= 4 is 45.4 Å². The summed E-state index contributed by atoms with van der Waals surface area (Å²) in [5.41, 5.74) is -1.99. The fraction of sp³-hybridized carbons (Fsp3) is 0.286. The van der Waals surface area contributed by atoms with Crippen molar-refractivity contribution in [1.82, 2.24) is 4.98 Å². The van der Waals surface area contributed by atoms with Gasteiger partial charge < -0.3 is 4.90 Å². The van der Waals surface area contributed by atoms with Crippen molar-refractivity contribution in [3.63, 3.8) is 0 Å². The van der Waals surface area contributed by atoms with E-state index in [2.05, 4.69) is 4.98 Å². The zero-order chi connectivity index (χ0) is 23.8. The first-order valence-electron chi connectivity index (χ1n) is 9.31. The Morgan fingerprint density at radius 2 is 1.66 bits per heavy atom. The number of anilines is 2. The van der Waals surface area contributed by atoms with Crippen LogP contribution in [0.5, 0.6) is 0 Å². The number of aryl methyl sites for hydroxylation is 1. The molecule has 0 N–H and O–H groups in total. The normalized spacial score (nSPS) is 12.3. The van der Waals surface area contributed by atoms with Crippen molar-refractivity contribution in [3.05, 3.63) is 62.4 Å². The molecule has 0 aliphatic heterocycles. The van der Waals surface area contributed by atoms with Gasteiger partial charge in [-0.1, -0.05) is 30.1 Å². The largest absolute Gasteiger partial charge is 0.418 e. The van der Waals surface area contributed by atoms with Gasteiger partial charge in [0.2, 0.25) is 0 Å². The van der Waals surface area contributed by atoms with Crippen molar-refractivity contribution < 1.29 is 26.3 Å². The van der Waals surface area contributed by atoms with E-state index in [1.54, 1.807) is 26.0 Å². The monoisotopic (exact) mass is 512 g/mol. The van der Waals surface area contributed by atoms with Crippen LogP contribution in [-0.4, -0.2) is 11.5 Å². The highest BCUT2D eigenvalue weighted by atomic mass is 35.5. The Balaban J connectivity index is 2.19. The molecule has 0 fully saturated rings. The van der Waals surface area contributed by atoms with Gasteiger partial charge in [0.25, 0.3) is 0 Å². The lowest BCUT2D eigenvalue weighted by atomic mass is 10.1. The van der Waals surface area contributed by atoms with Crippen molar-refractivity contribution in [1.29, 1.82) is 0 Å². The van der Waals surface area contributed by atoms with E-state index in [1.807, 2.05) is 0 Å². The van der Waals surface area contributed by atoms with Crippen LogP contribution < -0.4 is 4.90 Å². The quantitative estimate of drug-likeness (QED) is 0.317. The standard InChI is InChI=1S/C21H16Cl2F6N2S/c1-3-8-31(17-9-12(20(24,25)26)4-7-15(17)21(27,28)29)19-30-18(11(2)32-19)14-6-5-13(22)10-16(14)23/h4-7,9-10H,3,8H2,1-2H3. The topological polar surface area (TPSA) is 16.1 Å². The number of benzene rings is 2. The van der Waals surface area contributed by atoms with E-state index in [0.717, 1.165) is 11.3 Å². The zero-order valence-corrected chi connectivity index (χ0v) is 19.0. The number of alkyl halides is 6. The Labute approximate surface area is 194 Å². The summed E-state index contributed by atoms with van der Waals surface area (Å²) in [6.07, 6.45) is -9.26. The van der Waals surface area contributed by atoms with Crippen LogP contribution in [0.25, 0.3) is 11.3 Å². The van der Waals surface area contributed by atoms with Crippen LogP contribution in [0.4, 0.5) is 37.2 Å². The molecular weight excluding hydrogens is 497 g/mol. The molecule has 172 valence electrons. The van der Waals surface area contributed by atoms with Crippen LogP contribution >= 0.6 is 34.5 Å². The number of hydrogen-bond donors (Lipinski definition) is 0. The molecule has 0 bridgehead atoms. The van der Waals surface area contributed by atoms with Crippen molar-refractivity contribution in [3.8, 4) is 11.3 Å². The second-order valence-electron chi connectivity index (χ2n) is 6.90. The first-order valence-corrected chi connectivity index (χ1v) is 10.9. The van der Waals surface area contributed by atoms with Gasteiger partial charge in [-0.2, -0.15) is 26.3 Å². The predicted octanol–water partition coefficient (Wildman–Crippen LogP) is 9.01. The number of rotatable bonds is 5. The summed E-state index contributed by atoms with van der Waals surface area (Å²) in [5, 5.41) is 0.836. The molecule has 0 aliphatic carbocycles. The molecule has 1 heterocycles. The molecular formula is C21H16Cl2F6N2S. The van der Waals surface area contributed by atoms with E-state index < -0.39 is 29.2 Å². The smallest absolute Gasteiger partial charge is 0.317 e. The Morgan fingerprint density at radius 1 is 0.969 bits per heavy atom. The van der Waals surface area contributed by atoms with Crippen LogP contribution in [0.2, 0.25) is 10.0 Å². The van der Waals surface area contributed by atoms with Crippen LogP contribution in [0.15, 0.2) is 36.4 Å². The fourth-order valence-electron chi connectivity index (χ4n) is 3.14. The molecule has 0 atom stereocenters. The summed E-state index contributed by atoms with van der Waals surface area (Å²) in [4.78, 5) is 6.26. The van der Waals surface area contributed by atoms with E-state index in [9.17, 15) is 26.3 Å². The molecule has 3 rings (SSSR count). The number of aromatic nitrogens is 1. The predicted molar refractivity (Wildman–Crippen MR) is 116 cm³/mol. The van der Waals surface area contributed by atoms with E-state index in [0.29, 0.717) is 50.8 Å². The zero-order valence-electron chi connectivity index (χ0n) is 16.7. The lowest BCUT2D eigenvalue weighted by Crippen LogP contribution is -2.23.